The van der Waals surface area contributed by atoms with Crippen molar-refractivity contribution in [3.8, 4) is 11.5 Å². The molecule has 1 aromatic heterocycles. The molecule has 2 atom stereocenters. The predicted molar refractivity (Wildman–Crippen MR) is 78.5 cm³/mol. The summed E-state index contributed by atoms with van der Waals surface area (Å²) >= 11 is 0. The molecule has 0 aliphatic carbocycles. The first-order valence-electron chi connectivity index (χ1n) is 6.83. The summed E-state index contributed by atoms with van der Waals surface area (Å²) in [6.07, 6.45) is 0. The van der Waals surface area contributed by atoms with E-state index in [4.69, 9.17) is 13.9 Å². The van der Waals surface area contributed by atoms with Crippen molar-refractivity contribution in [3.05, 3.63) is 35.5 Å². The number of methoxy groups -OCH3 is 2. The molecule has 0 spiro atoms. The molecular weight excluding hydrogens is 270 g/mol. The highest BCUT2D eigenvalue weighted by molar-refractivity contribution is 5.42. The van der Waals surface area contributed by atoms with E-state index in [1.807, 2.05) is 25.1 Å². The van der Waals surface area contributed by atoms with E-state index in [9.17, 15) is 0 Å². The lowest BCUT2D eigenvalue weighted by Crippen LogP contribution is -2.23. The highest BCUT2D eigenvalue weighted by Crippen LogP contribution is 2.30. The van der Waals surface area contributed by atoms with Crippen LogP contribution in [0.2, 0.25) is 0 Å². The van der Waals surface area contributed by atoms with E-state index >= 15 is 0 Å². The Balaban J connectivity index is 2.14. The van der Waals surface area contributed by atoms with E-state index in [0.717, 1.165) is 17.1 Å². The first-order chi connectivity index (χ1) is 10.0. The van der Waals surface area contributed by atoms with Gasteiger partial charge in [0, 0.05) is 24.6 Å². The largest absolute Gasteiger partial charge is 0.497 e. The van der Waals surface area contributed by atoms with Gasteiger partial charge in [-0.25, -0.2) is 0 Å². The molecule has 1 heterocycles. The van der Waals surface area contributed by atoms with E-state index in [1.54, 1.807) is 21.1 Å². The van der Waals surface area contributed by atoms with Gasteiger partial charge in [0.15, 0.2) is 0 Å². The molecular formula is C15H21N3O3. The maximum absolute atomic E-state index is 5.44. The Morgan fingerprint density at radius 3 is 2.43 bits per heavy atom. The van der Waals surface area contributed by atoms with E-state index in [0.29, 0.717) is 11.8 Å². The third kappa shape index (κ3) is 3.52. The van der Waals surface area contributed by atoms with Crippen LogP contribution in [-0.4, -0.2) is 24.4 Å². The monoisotopic (exact) mass is 291 g/mol. The molecule has 21 heavy (non-hydrogen) atoms. The van der Waals surface area contributed by atoms with Gasteiger partial charge in [0.1, 0.15) is 11.5 Å². The van der Waals surface area contributed by atoms with Gasteiger partial charge in [0.2, 0.25) is 11.8 Å². The van der Waals surface area contributed by atoms with Gasteiger partial charge in [-0.2, -0.15) is 0 Å². The molecule has 0 fully saturated rings. The molecule has 1 N–H and O–H groups in total. The van der Waals surface area contributed by atoms with Crippen molar-refractivity contribution in [2.45, 2.75) is 32.9 Å². The minimum absolute atomic E-state index is 0.0481. The number of benzene rings is 1. The maximum atomic E-state index is 5.44. The van der Waals surface area contributed by atoms with Gasteiger partial charge in [-0.1, -0.05) is 6.07 Å². The van der Waals surface area contributed by atoms with Crippen LogP contribution in [0.25, 0.3) is 0 Å². The molecule has 6 heteroatoms. The van der Waals surface area contributed by atoms with E-state index in [-0.39, 0.29) is 12.1 Å². The minimum Gasteiger partial charge on any atom is -0.497 e. The molecule has 0 saturated heterocycles. The highest BCUT2D eigenvalue weighted by atomic mass is 16.5. The third-order valence-corrected chi connectivity index (χ3v) is 3.32. The Morgan fingerprint density at radius 1 is 1.10 bits per heavy atom. The Bertz CT molecular complexity index is 598. The van der Waals surface area contributed by atoms with E-state index in [1.165, 1.54) is 0 Å². The third-order valence-electron chi connectivity index (χ3n) is 3.32. The van der Waals surface area contributed by atoms with Gasteiger partial charge in [-0.05, 0) is 19.9 Å². The molecule has 0 amide bonds. The zero-order chi connectivity index (χ0) is 15.4. The van der Waals surface area contributed by atoms with Gasteiger partial charge in [0.25, 0.3) is 0 Å². The molecule has 0 aliphatic heterocycles. The van der Waals surface area contributed by atoms with Crippen LogP contribution >= 0.6 is 0 Å². The number of hydrogen-bond donors (Lipinski definition) is 1. The van der Waals surface area contributed by atoms with Crippen molar-refractivity contribution in [1.29, 1.82) is 0 Å². The molecule has 0 saturated carbocycles. The normalized spacial score (nSPS) is 13.8. The SMILES string of the molecule is COc1ccc([C@@H](C)N[C@H](C)c2nnc(C)o2)c(OC)c1. The Kier molecular flexibility index (Phi) is 4.80. The average molecular weight is 291 g/mol. The summed E-state index contributed by atoms with van der Waals surface area (Å²) in [5, 5.41) is 11.3. The van der Waals surface area contributed by atoms with Crippen LogP contribution < -0.4 is 14.8 Å². The van der Waals surface area contributed by atoms with Crippen LogP contribution in [0, 0.1) is 6.92 Å². The number of nitrogens with one attached hydrogen (secondary N) is 1. The quantitative estimate of drug-likeness (QED) is 0.882. The van der Waals surface area contributed by atoms with Gasteiger partial charge < -0.3 is 13.9 Å². The second kappa shape index (κ2) is 6.58. The van der Waals surface area contributed by atoms with Gasteiger partial charge in [-0.15, -0.1) is 10.2 Å². The number of nitrogens with zero attached hydrogens (tertiary/aromatic N) is 2. The first kappa shape index (κ1) is 15.3. The van der Waals surface area contributed by atoms with E-state index in [2.05, 4.69) is 22.4 Å². The molecule has 6 nitrogen and oxygen atoms in total. The number of aryl methyl sites for hydroxylation is 1. The van der Waals surface area contributed by atoms with Crippen molar-refractivity contribution < 1.29 is 13.9 Å². The van der Waals surface area contributed by atoms with Crippen LogP contribution in [0.15, 0.2) is 22.6 Å². The van der Waals surface area contributed by atoms with Crippen molar-refractivity contribution >= 4 is 0 Å². The van der Waals surface area contributed by atoms with Crippen LogP contribution in [0.5, 0.6) is 11.5 Å². The minimum atomic E-state index is -0.0481. The van der Waals surface area contributed by atoms with Gasteiger partial charge >= 0.3 is 0 Å². The number of hydrogen-bond acceptors (Lipinski definition) is 6. The molecule has 1 aromatic carbocycles. The summed E-state index contributed by atoms with van der Waals surface area (Å²) in [6.45, 7) is 5.82. The van der Waals surface area contributed by atoms with Crippen LogP contribution in [0.1, 0.15) is 43.3 Å². The van der Waals surface area contributed by atoms with Crippen molar-refractivity contribution in [2.75, 3.05) is 14.2 Å². The van der Waals surface area contributed by atoms with Crippen LogP contribution in [0.4, 0.5) is 0 Å². The summed E-state index contributed by atoms with van der Waals surface area (Å²) in [6, 6.07) is 5.79. The van der Waals surface area contributed by atoms with Gasteiger partial charge in [0.05, 0.1) is 20.3 Å². The molecule has 0 bridgehead atoms. The molecule has 114 valence electrons. The fourth-order valence-corrected chi connectivity index (χ4v) is 2.20. The Hall–Kier alpha value is -2.08. The van der Waals surface area contributed by atoms with Crippen LogP contribution in [0.3, 0.4) is 0 Å². The summed E-state index contributed by atoms with van der Waals surface area (Å²) in [5.74, 6) is 2.69. The lowest BCUT2D eigenvalue weighted by atomic mass is 10.1. The number of rotatable bonds is 6. The molecule has 0 aliphatic rings. The Labute approximate surface area is 124 Å². The zero-order valence-corrected chi connectivity index (χ0v) is 13.0. The summed E-state index contributed by atoms with van der Waals surface area (Å²) in [7, 11) is 3.28. The lowest BCUT2D eigenvalue weighted by Gasteiger charge is -2.20. The zero-order valence-electron chi connectivity index (χ0n) is 13.0. The second-order valence-corrected chi connectivity index (χ2v) is 4.88. The predicted octanol–water partition coefficient (Wildman–Crippen LogP) is 2.81. The average Bonchev–Trinajstić information content (AvgIpc) is 2.93. The molecule has 0 unspecified atom stereocenters. The fourth-order valence-electron chi connectivity index (χ4n) is 2.20. The number of aromatic nitrogens is 2. The molecule has 0 radical (unpaired) electrons. The first-order valence-corrected chi connectivity index (χ1v) is 6.83. The summed E-state index contributed by atoms with van der Waals surface area (Å²) < 4.78 is 16.1. The standard InChI is InChI=1S/C15H21N3O3/c1-9(16-10(2)15-18-17-11(3)21-15)13-7-6-12(19-4)8-14(13)20-5/h6-10,16H,1-5H3/t9-,10-/m1/s1. The van der Waals surface area contributed by atoms with Crippen LogP contribution in [-0.2, 0) is 0 Å². The smallest absolute Gasteiger partial charge is 0.233 e. The summed E-state index contributed by atoms with van der Waals surface area (Å²) in [5.41, 5.74) is 1.04. The molecule has 2 rings (SSSR count). The van der Waals surface area contributed by atoms with Crippen molar-refractivity contribution in [2.24, 2.45) is 0 Å². The lowest BCUT2D eigenvalue weighted by molar-refractivity contribution is 0.363. The van der Waals surface area contributed by atoms with Crippen molar-refractivity contribution in [3.63, 3.8) is 0 Å². The number of ether oxygens (including phenoxy) is 2. The van der Waals surface area contributed by atoms with E-state index < -0.39 is 0 Å². The highest BCUT2D eigenvalue weighted by Gasteiger charge is 2.18. The van der Waals surface area contributed by atoms with Crippen molar-refractivity contribution in [1.82, 2.24) is 15.5 Å². The second-order valence-electron chi connectivity index (χ2n) is 4.88. The maximum Gasteiger partial charge on any atom is 0.233 e. The fraction of sp³-hybridized carbons (Fsp3) is 0.467. The van der Waals surface area contributed by atoms with Gasteiger partial charge in [-0.3, -0.25) is 5.32 Å². The Morgan fingerprint density at radius 2 is 1.86 bits per heavy atom. The topological polar surface area (TPSA) is 69.4 Å². The summed E-state index contributed by atoms with van der Waals surface area (Å²) in [4.78, 5) is 0. The molecule has 2 aromatic rings.